The largest absolute Gasteiger partial charge is 0.481 e. The number of rotatable bonds is 15. The van der Waals surface area contributed by atoms with E-state index in [4.69, 9.17) is 26.8 Å². The Kier molecular flexibility index (Phi) is 12.4. The van der Waals surface area contributed by atoms with Crippen LogP contribution in [0.1, 0.15) is 25.7 Å². The van der Waals surface area contributed by atoms with Gasteiger partial charge in [-0.2, -0.15) is 0 Å². The van der Waals surface area contributed by atoms with Crippen molar-refractivity contribution in [3.8, 4) is 0 Å². The second kappa shape index (κ2) is 13.8. The average molecular weight is 449 g/mol. The number of carboxylic acids is 2. The lowest BCUT2D eigenvalue weighted by Crippen LogP contribution is -2.58. The molecule has 4 atom stereocenters. The molecule has 0 aromatic carbocycles. The number of carbonyl (C=O) groups excluding carboxylic acids is 4. The fourth-order valence-electron chi connectivity index (χ4n) is 2.18. The van der Waals surface area contributed by atoms with Gasteiger partial charge in [0, 0.05) is 12.8 Å². The zero-order valence-electron chi connectivity index (χ0n) is 16.4. The molecule has 0 saturated heterocycles. The van der Waals surface area contributed by atoms with E-state index < -0.39 is 85.8 Å². The van der Waals surface area contributed by atoms with Gasteiger partial charge in [0.2, 0.25) is 23.6 Å². The molecule has 31 heavy (non-hydrogen) atoms. The van der Waals surface area contributed by atoms with E-state index in [-0.39, 0.29) is 12.8 Å². The van der Waals surface area contributed by atoms with Gasteiger partial charge in [0.25, 0.3) is 0 Å². The van der Waals surface area contributed by atoms with Gasteiger partial charge in [-0.05, 0) is 12.8 Å². The maximum Gasteiger partial charge on any atom is 0.326 e. The van der Waals surface area contributed by atoms with Crippen molar-refractivity contribution < 1.29 is 49.2 Å². The van der Waals surface area contributed by atoms with Crippen LogP contribution in [0.3, 0.4) is 0 Å². The number of aliphatic hydroxyl groups is 2. The van der Waals surface area contributed by atoms with Crippen LogP contribution in [-0.2, 0) is 28.8 Å². The van der Waals surface area contributed by atoms with Crippen molar-refractivity contribution in [3.63, 3.8) is 0 Å². The van der Waals surface area contributed by atoms with Crippen LogP contribution < -0.4 is 27.4 Å². The summed E-state index contributed by atoms with van der Waals surface area (Å²) in [7, 11) is 0. The summed E-state index contributed by atoms with van der Waals surface area (Å²) in [5.74, 6) is -6.73. The molecule has 0 rings (SSSR count). The minimum atomic E-state index is -1.59. The molecule has 0 aliphatic heterocycles. The van der Waals surface area contributed by atoms with Crippen LogP contribution in [0.25, 0.3) is 0 Å². The summed E-state index contributed by atoms with van der Waals surface area (Å²) in [6.45, 7) is -1.66. The van der Waals surface area contributed by atoms with Gasteiger partial charge in [-0.15, -0.1) is 0 Å². The molecule has 0 fully saturated rings. The van der Waals surface area contributed by atoms with E-state index in [1.54, 1.807) is 0 Å². The molecule has 0 aromatic rings. The number of carboxylic acid groups (broad SMARTS) is 2. The second-order valence-corrected chi connectivity index (χ2v) is 6.43. The predicted octanol–water partition coefficient (Wildman–Crippen LogP) is -5.03. The molecule has 0 spiro atoms. The molecule has 0 bridgehead atoms. The Morgan fingerprint density at radius 1 is 0.710 bits per heavy atom. The quantitative estimate of drug-likeness (QED) is 0.114. The first-order valence-corrected chi connectivity index (χ1v) is 9.04. The maximum atomic E-state index is 12.4. The smallest absolute Gasteiger partial charge is 0.326 e. The van der Waals surface area contributed by atoms with Crippen LogP contribution in [0.2, 0.25) is 0 Å². The number of aliphatic hydroxyl groups excluding tert-OH is 2. The van der Waals surface area contributed by atoms with Crippen molar-refractivity contribution >= 4 is 35.6 Å². The Morgan fingerprint density at radius 3 is 1.65 bits per heavy atom. The van der Waals surface area contributed by atoms with Gasteiger partial charge in [0.15, 0.2) is 0 Å². The number of hydrogen-bond donors (Lipinski definition) is 9. The highest BCUT2D eigenvalue weighted by Crippen LogP contribution is 2.03. The number of nitrogens with two attached hydrogens (primary N) is 2. The van der Waals surface area contributed by atoms with Gasteiger partial charge >= 0.3 is 11.9 Å². The van der Waals surface area contributed by atoms with E-state index in [0.29, 0.717) is 0 Å². The monoisotopic (exact) mass is 449 g/mol. The zero-order valence-corrected chi connectivity index (χ0v) is 16.4. The van der Waals surface area contributed by atoms with Gasteiger partial charge in [0.1, 0.15) is 24.2 Å². The zero-order chi connectivity index (χ0) is 24.1. The first-order valence-electron chi connectivity index (χ1n) is 9.04. The van der Waals surface area contributed by atoms with E-state index in [9.17, 15) is 33.9 Å². The molecule has 15 heteroatoms. The number of primary amides is 1. The lowest BCUT2D eigenvalue weighted by molar-refractivity contribution is -0.143. The van der Waals surface area contributed by atoms with Gasteiger partial charge in [-0.1, -0.05) is 0 Å². The molecule has 176 valence electrons. The van der Waals surface area contributed by atoms with Crippen molar-refractivity contribution in [3.05, 3.63) is 0 Å². The molecule has 11 N–H and O–H groups in total. The van der Waals surface area contributed by atoms with E-state index in [0.717, 1.165) is 0 Å². The first kappa shape index (κ1) is 27.7. The summed E-state index contributed by atoms with van der Waals surface area (Å²) in [5.41, 5.74) is 10.2. The van der Waals surface area contributed by atoms with E-state index in [2.05, 4.69) is 10.6 Å². The molecule has 0 heterocycles. The van der Waals surface area contributed by atoms with Crippen LogP contribution in [-0.4, -0.2) is 93.4 Å². The number of aliphatic carboxylic acids is 2. The summed E-state index contributed by atoms with van der Waals surface area (Å²) in [4.78, 5) is 69.4. The molecule has 0 saturated carbocycles. The number of nitrogens with one attached hydrogen (secondary N) is 3. The predicted molar refractivity (Wildman–Crippen MR) is 101 cm³/mol. The van der Waals surface area contributed by atoms with Crippen LogP contribution in [0.5, 0.6) is 0 Å². The fraction of sp³-hybridized carbons (Fsp3) is 0.625. The molecular formula is C16H27N5O10. The molecule has 0 aliphatic rings. The highest BCUT2D eigenvalue weighted by Gasteiger charge is 2.30. The van der Waals surface area contributed by atoms with Crippen LogP contribution in [0.4, 0.5) is 0 Å². The van der Waals surface area contributed by atoms with Gasteiger partial charge < -0.3 is 47.8 Å². The molecule has 4 amide bonds. The van der Waals surface area contributed by atoms with E-state index >= 15 is 0 Å². The standard InChI is InChI=1S/C16H27N5O10/c17-7(5-22)13(27)21-10(6-23)15(29)19-8(2-4-12(25)26)14(28)20-9(16(30)31)1-3-11(18)24/h7-10,22-23H,1-6,17H2,(H2,18,24)(H,19,29)(H,20,28)(H,21,27)(H,25,26)(H,30,31). The Bertz CT molecular complexity index is 686. The number of amides is 4. The summed E-state index contributed by atoms with van der Waals surface area (Å²) >= 11 is 0. The van der Waals surface area contributed by atoms with Crippen LogP contribution in [0.15, 0.2) is 0 Å². The van der Waals surface area contributed by atoms with Gasteiger partial charge in [-0.25, -0.2) is 4.79 Å². The van der Waals surface area contributed by atoms with Crippen LogP contribution in [0, 0.1) is 0 Å². The second-order valence-electron chi connectivity index (χ2n) is 6.43. The lowest BCUT2D eigenvalue weighted by atomic mass is 10.1. The number of carbonyl (C=O) groups is 6. The Labute approximate surface area is 176 Å². The van der Waals surface area contributed by atoms with Gasteiger partial charge in [-0.3, -0.25) is 24.0 Å². The third-order valence-corrected chi connectivity index (χ3v) is 3.92. The van der Waals surface area contributed by atoms with Crippen molar-refractivity contribution in [1.29, 1.82) is 0 Å². The first-order chi connectivity index (χ1) is 14.4. The number of hydrogen-bond acceptors (Lipinski definition) is 9. The Balaban J connectivity index is 5.33. The molecule has 15 nitrogen and oxygen atoms in total. The SMILES string of the molecule is NC(=O)CCC(NC(=O)C(CCC(=O)O)NC(=O)C(CO)NC(=O)C(N)CO)C(=O)O. The molecule has 4 unspecified atom stereocenters. The van der Waals surface area contributed by atoms with E-state index in [1.807, 2.05) is 5.32 Å². The van der Waals surface area contributed by atoms with Gasteiger partial charge in [0.05, 0.1) is 13.2 Å². The van der Waals surface area contributed by atoms with Crippen molar-refractivity contribution in [2.24, 2.45) is 11.5 Å². The summed E-state index contributed by atoms with van der Waals surface area (Å²) in [6, 6.07) is -6.05. The van der Waals surface area contributed by atoms with E-state index in [1.165, 1.54) is 0 Å². The van der Waals surface area contributed by atoms with Crippen LogP contribution >= 0.6 is 0 Å². The topological polar surface area (TPSA) is 271 Å². The third-order valence-electron chi connectivity index (χ3n) is 3.92. The highest BCUT2D eigenvalue weighted by atomic mass is 16.4. The summed E-state index contributed by atoms with van der Waals surface area (Å²) in [6.07, 6.45) is -1.72. The minimum absolute atomic E-state index is 0.343. The Hall–Kier alpha value is -3.30. The lowest BCUT2D eigenvalue weighted by Gasteiger charge is -2.24. The summed E-state index contributed by atoms with van der Waals surface area (Å²) in [5, 5.41) is 42.4. The highest BCUT2D eigenvalue weighted by molar-refractivity contribution is 5.94. The fourth-order valence-corrected chi connectivity index (χ4v) is 2.18. The molecular weight excluding hydrogens is 422 g/mol. The normalized spacial score (nSPS) is 14.4. The minimum Gasteiger partial charge on any atom is -0.481 e. The molecule has 0 radical (unpaired) electrons. The maximum absolute atomic E-state index is 12.4. The van der Waals surface area contributed by atoms with Crippen molar-refractivity contribution in [2.45, 2.75) is 49.9 Å². The van der Waals surface area contributed by atoms with Crippen molar-refractivity contribution in [2.75, 3.05) is 13.2 Å². The molecule has 0 aromatic heterocycles. The Morgan fingerprint density at radius 2 is 1.19 bits per heavy atom. The summed E-state index contributed by atoms with van der Waals surface area (Å²) < 4.78 is 0. The average Bonchev–Trinajstić information content (AvgIpc) is 2.70. The van der Waals surface area contributed by atoms with Crippen molar-refractivity contribution in [1.82, 2.24) is 16.0 Å². The molecule has 0 aliphatic carbocycles. The third kappa shape index (κ3) is 10.9.